The molecule has 0 atom stereocenters. The summed E-state index contributed by atoms with van der Waals surface area (Å²) in [7, 11) is 0. The van der Waals surface area contributed by atoms with Crippen LogP contribution in [0.2, 0.25) is 0 Å². The molecule has 2 fully saturated rings. The van der Waals surface area contributed by atoms with Gasteiger partial charge < -0.3 is 25.0 Å². The molecule has 20 heavy (non-hydrogen) atoms. The number of nitrogens with zero attached hydrogens (tertiary/aromatic N) is 2. The topological polar surface area (TPSA) is 68.0 Å². The number of carbonyl (C=O) groups is 1. The van der Waals surface area contributed by atoms with Crippen LogP contribution in [0.25, 0.3) is 0 Å². The molecule has 0 unspecified atom stereocenters. The van der Waals surface area contributed by atoms with Gasteiger partial charge in [-0.3, -0.25) is 4.79 Å². The number of hydrogen-bond acceptors (Lipinski definition) is 5. The Morgan fingerprint density at radius 3 is 2.35 bits per heavy atom. The number of hydrogen-bond donors (Lipinski definition) is 1. The van der Waals surface area contributed by atoms with Gasteiger partial charge in [-0.15, -0.1) is 0 Å². The van der Waals surface area contributed by atoms with Crippen molar-refractivity contribution in [2.75, 3.05) is 65.7 Å². The molecule has 1 amide bonds. The molecule has 0 aliphatic carbocycles. The fourth-order valence-electron chi connectivity index (χ4n) is 2.99. The molecular weight excluding hydrogens is 258 g/mol. The zero-order chi connectivity index (χ0) is 14.4. The molecule has 2 aliphatic heterocycles. The maximum absolute atomic E-state index is 11.9. The van der Waals surface area contributed by atoms with Crippen molar-refractivity contribution in [1.82, 2.24) is 9.80 Å². The first-order chi connectivity index (χ1) is 9.69. The molecule has 0 aromatic carbocycles. The van der Waals surface area contributed by atoms with Crippen LogP contribution in [-0.2, 0) is 14.3 Å². The van der Waals surface area contributed by atoms with Gasteiger partial charge >= 0.3 is 0 Å². The van der Waals surface area contributed by atoms with Crippen LogP contribution in [0.3, 0.4) is 0 Å². The minimum absolute atomic E-state index is 0.216. The summed E-state index contributed by atoms with van der Waals surface area (Å²) in [5, 5.41) is 0. The number of ether oxygens (including phenoxy) is 2. The van der Waals surface area contributed by atoms with E-state index in [2.05, 4.69) is 11.8 Å². The molecule has 2 N–H and O–H groups in total. The predicted molar refractivity (Wildman–Crippen MR) is 76.4 cm³/mol. The molecule has 0 aromatic heterocycles. The fraction of sp³-hybridized carbons (Fsp3) is 0.929. The van der Waals surface area contributed by atoms with Crippen molar-refractivity contribution in [3.05, 3.63) is 0 Å². The van der Waals surface area contributed by atoms with Crippen LogP contribution in [-0.4, -0.2) is 81.4 Å². The highest BCUT2D eigenvalue weighted by Crippen LogP contribution is 2.39. The van der Waals surface area contributed by atoms with Gasteiger partial charge in [-0.25, -0.2) is 0 Å². The summed E-state index contributed by atoms with van der Waals surface area (Å²) >= 11 is 0. The van der Waals surface area contributed by atoms with Gasteiger partial charge in [0.2, 0.25) is 5.91 Å². The molecule has 2 heterocycles. The average Bonchev–Trinajstić information content (AvgIpc) is 2.35. The van der Waals surface area contributed by atoms with E-state index in [-0.39, 0.29) is 5.91 Å². The molecule has 0 aromatic rings. The highest BCUT2D eigenvalue weighted by Gasteiger charge is 2.52. The maximum Gasteiger partial charge on any atom is 0.224 e. The van der Waals surface area contributed by atoms with E-state index in [1.807, 2.05) is 4.90 Å². The quantitative estimate of drug-likeness (QED) is 0.580. The van der Waals surface area contributed by atoms with E-state index in [1.165, 1.54) is 0 Å². The second-order valence-corrected chi connectivity index (χ2v) is 5.82. The normalized spacial score (nSPS) is 20.8. The van der Waals surface area contributed by atoms with Crippen LogP contribution >= 0.6 is 0 Å². The summed E-state index contributed by atoms with van der Waals surface area (Å²) in [6.45, 7) is 10.1. The third-order valence-corrected chi connectivity index (χ3v) is 4.06. The molecule has 2 aliphatic rings. The third kappa shape index (κ3) is 3.91. The Kier molecular flexibility index (Phi) is 5.77. The second kappa shape index (κ2) is 7.36. The summed E-state index contributed by atoms with van der Waals surface area (Å²) < 4.78 is 10.6. The van der Waals surface area contributed by atoms with E-state index < -0.39 is 0 Å². The Balaban J connectivity index is 1.46. The van der Waals surface area contributed by atoms with E-state index in [9.17, 15) is 4.79 Å². The van der Waals surface area contributed by atoms with Crippen molar-refractivity contribution in [3.8, 4) is 0 Å². The molecule has 6 nitrogen and oxygen atoms in total. The number of likely N-dealkylation sites (tertiary alicyclic amines) is 2. The van der Waals surface area contributed by atoms with E-state index in [1.54, 1.807) is 0 Å². The number of rotatable bonds is 9. The van der Waals surface area contributed by atoms with Crippen LogP contribution in [0.5, 0.6) is 0 Å². The predicted octanol–water partition coefficient (Wildman–Crippen LogP) is -0.467. The van der Waals surface area contributed by atoms with E-state index >= 15 is 0 Å². The van der Waals surface area contributed by atoms with Crippen molar-refractivity contribution in [3.63, 3.8) is 0 Å². The van der Waals surface area contributed by atoms with Gasteiger partial charge in [-0.2, -0.15) is 0 Å². The zero-order valence-electron chi connectivity index (χ0n) is 12.5. The van der Waals surface area contributed by atoms with Crippen LogP contribution in [0.4, 0.5) is 0 Å². The van der Waals surface area contributed by atoms with Gasteiger partial charge in [-0.1, -0.05) is 6.92 Å². The lowest BCUT2D eigenvalue weighted by atomic mass is 9.73. The highest BCUT2D eigenvalue weighted by molar-refractivity contribution is 5.77. The number of nitrogens with two attached hydrogens (primary N) is 1. The minimum atomic E-state index is 0.216. The van der Waals surface area contributed by atoms with Gasteiger partial charge in [0.15, 0.2) is 0 Å². The maximum atomic E-state index is 11.9. The van der Waals surface area contributed by atoms with Gasteiger partial charge in [0.1, 0.15) is 0 Å². The summed E-state index contributed by atoms with van der Waals surface area (Å²) in [5.74, 6) is 0.216. The summed E-state index contributed by atoms with van der Waals surface area (Å²) in [5.41, 5.74) is 5.72. The van der Waals surface area contributed by atoms with Crippen LogP contribution in [0.15, 0.2) is 0 Å². The van der Waals surface area contributed by atoms with Crippen molar-refractivity contribution in [2.24, 2.45) is 11.1 Å². The van der Waals surface area contributed by atoms with Gasteiger partial charge in [-0.05, 0) is 6.54 Å². The minimum Gasteiger partial charge on any atom is -0.379 e. The van der Waals surface area contributed by atoms with Crippen LogP contribution in [0.1, 0.15) is 13.3 Å². The highest BCUT2D eigenvalue weighted by atomic mass is 16.5. The molecule has 116 valence electrons. The average molecular weight is 285 g/mol. The Labute approximate surface area is 121 Å². The standard InChI is InChI=1S/C14H27N3O3/c1-2-16-9-14(10-16)11-17(12-14)13(18)3-5-19-7-8-20-6-4-15/h2-12,15H2,1H3. The van der Waals surface area contributed by atoms with E-state index in [4.69, 9.17) is 15.2 Å². The Hall–Kier alpha value is -0.690. The first kappa shape index (κ1) is 15.7. The van der Waals surface area contributed by atoms with Crippen molar-refractivity contribution in [2.45, 2.75) is 13.3 Å². The second-order valence-electron chi connectivity index (χ2n) is 5.82. The Morgan fingerprint density at radius 2 is 1.75 bits per heavy atom. The first-order valence-corrected chi connectivity index (χ1v) is 7.55. The molecule has 1 spiro atoms. The fourth-order valence-corrected chi connectivity index (χ4v) is 2.99. The molecule has 0 radical (unpaired) electrons. The summed E-state index contributed by atoms with van der Waals surface area (Å²) in [4.78, 5) is 16.3. The van der Waals surface area contributed by atoms with Crippen LogP contribution in [0, 0.1) is 5.41 Å². The lowest BCUT2D eigenvalue weighted by molar-refractivity contribution is -0.159. The smallest absolute Gasteiger partial charge is 0.224 e. The van der Waals surface area contributed by atoms with Crippen molar-refractivity contribution < 1.29 is 14.3 Å². The van der Waals surface area contributed by atoms with Gasteiger partial charge in [0.25, 0.3) is 0 Å². The lowest BCUT2D eigenvalue weighted by Crippen LogP contribution is -2.72. The largest absolute Gasteiger partial charge is 0.379 e. The molecule has 2 rings (SSSR count). The molecular formula is C14H27N3O3. The van der Waals surface area contributed by atoms with Gasteiger partial charge in [0, 0.05) is 38.1 Å². The number of amides is 1. The van der Waals surface area contributed by atoms with Gasteiger partial charge in [0.05, 0.1) is 32.8 Å². The van der Waals surface area contributed by atoms with E-state index in [0.717, 1.165) is 32.7 Å². The number of carbonyl (C=O) groups excluding carboxylic acids is 1. The van der Waals surface area contributed by atoms with E-state index in [0.29, 0.717) is 44.8 Å². The third-order valence-electron chi connectivity index (χ3n) is 4.06. The first-order valence-electron chi connectivity index (χ1n) is 7.55. The summed E-state index contributed by atoms with van der Waals surface area (Å²) in [6.07, 6.45) is 0.477. The zero-order valence-corrected chi connectivity index (χ0v) is 12.5. The van der Waals surface area contributed by atoms with Crippen molar-refractivity contribution >= 4 is 5.91 Å². The molecule has 2 saturated heterocycles. The monoisotopic (exact) mass is 285 g/mol. The Bertz CT molecular complexity index is 311. The molecule has 0 saturated carbocycles. The van der Waals surface area contributed by atoms with Crippen molar-refractivity contribution in [1.29, 1.82) is 0 Å². The summed E-state index contributed by atoms with van der Waals surface area (Å²) in [6, 6.07) is 0. The molecule has 0 bridgehead atoms. The van der Waals surface area contributed by atoms with Crippen LogP contribution < -0.4 is 5.73 Å². The Morgan fingerprint density at radius 1 is 1.10 bits per heavy atom. The molecule has 6 heteroatoms. The SMILES string of the molecule is CCN1CC2(C1)CN(C(=O)CCOCCOCCN)C2. The lowest BCUT2D eigenvalue weighted by Gasteiger charge is -2.60.